The fourth-order valence-electron chi connectivity index (χ4n) is 2.07. The number of allylic oxidation sites excluding steroid dienone is 1. The van der Waals surface area contributed by atoms with Gasteiger partial charge in [-0.3, -0.25) is 4.79 Å². The summed E-state index contributed by atoms with van der Waals surface area (Å²) in [5, 5.41) is 0.949. The number of thioether (sulfide) groups is 1. The summed E-state index contributed by atoms with van der Waals surface area (Å²) < 4.78 is 0. The summed E-state index contributed by atoms with van der Waals surface area (Å²) in [5.74, 6) is -0.114. The van der Waals surface area contributed by atoms with Crippen LogP contribution in [-0.2, 0) is 4.79 Å². The van der Waals surface area contributed by atoms with E-state index in [-0.39, 0.29) is 11.8 Å². The first-order chi connectivity index (χ1) is 6.36. The van der Waals surface area contributed by atoms with E-state index >= 15 is 0 Å². The summed E-state index contributed by atoms with van der Waals surface area (Å²) in [7, 11) is 0. The number of carbonyl (C=O) groups excluding carboxylic acids is 1. The van der Waals surface area contributed by atoms with E-state index in [1.807, 2.05) is 0 Å². The molecule has 0 fully saturated rings. The molecule has 0 radical (unpaired) electrons. The van der Waals surface area contributed by atoms with Crippen LogP contribution in [0.25, 0.3) is 0 Å². The average Bonchev–Trinajstić information content (AvgIpc) is 2.62. The van der Waals surface area contributed by atoms with E-state index in [1.165, 1.54) is 23.2 Å². The van der Waals surface area contributed by atoms with Crippen LogP contribution in [0.2, 0.25) is 0 Å². The predicted molar refractivity (Wildman–Crippen MR) is 52.9 cm³/mol. The van der Waals surface area contributed by atoms with Crippen LogP contribution >= 0.6 is 11.8 Å². The number of amides is 1. The van der Waals surface area contributed by atoms with Crippen molar-refractivity contribution in [1.82, 2.24) is 0 Å². The Bertz CT molecular complexity index is 381. The van der Waals surface area contributed by atoms with Crippen molar-refractivity contribution in [3.63, 3.8) is 0 Å². The summed E-state index contributed by atoms with van der Waals surface area (Å²) in [5.41, 5.74) is 1.30. The number of nitrogens with zero attached hydrogens (tertiary/aromatic N) is 2. The van der Waals surface area contributed by atoms with Crippen molar-refractivity contribution in [2.45, 2.75) is 19.3 Å². The highest BCUT2D eigenvalue weighted by Crippen LogP contribution is 2.48. The Hall–Kier alpha value is -0.900. The van der Waals surface area contributed by atoms with Gasteiger partial charge in [0.1, 0.15) is 12.3 Å². The van der Waals surface area contributed by atoms with Gasteiger partial charge < -0.3 is 0 Å². The van der Waals surface area contributed by atoms with Crippen LogP contribution < -0.4 is 0 Å². The first kappa shape index (κ1) is 7.50. The Kier molecular flexibility index (Phi) is 1.47. The Morgan fingerprint density at radius 2 is 2.38 bits per heavy atom. The lowest BCUT2D eigenvalue weighted by molar-refractivity contribution is -0.118. The summed E-state index contributed by atoms with van der Waals surface area (Å²) in [6.45, 7) is 0. The number of rotatable bonds is 0. The molecule has 0 aromatic carbocycles. The zero-order valence-electron chi connectivity index (χ0n) is 6.99. The van der Waals surface area contributed by atoms with Crippen LogP contribution in [0.15, 0.2) is 20.5 Å². The van der Waals surface area contributed by atoms with Gasteiger partial charge in [0.05, 0.1) is 5.04 Å². The highest BCUT2D eigenvalue weighted by Gasteiger charge is 2.40. The number of fused-ring (bicyclic) bond motifs is 2. The van der Waals surface area contributed by atoms with Crippen molar-refractivity contribution in [3.05, 3.63) is 10.5 Å². The zero-order chi connectivity index (χ0) is 8.84. The van der Waals surface area contributed by atoms with Crippen LogP contribution in [0.5, 0.6) is 0 Å². The average molecular weight is 192 g/mol. The Morgan fingerprint density at radius 1 is 1.46 bits per heavy atom. The molecule has 2 aliphatic heterocycles. The molecule has 3 nitrogen and oxygen atoms in total. The molecule has 4 heteroatoms. The molecule has 0 aromatic rings. The van der Waals surface area contributed by atoms with Gasteiger partial charge in [0, 0.05) is 0 Å². The lowest BCUT2D eigenvalue weighted by Gasteiger charge is -2.12. The molecule has 0 saturated carbocycles. The summed E-state index contributed by atoms with van der Waals surface area (Å²) >= 11 is 1.69. The minimum absolute atomic E-state index is 0.0237. The lowest BCUT2D eigenvalue weighted by atomic mass is 9.98. The van der Waals surface area contributed by atoms with E-state index in [0.29, 0.717) is 0 Å². The maximum atomic E-state index is 11.5. The smallest absolute Gasteiger partial charge is 0.261 e. The van der Waals surface area contributed by atoms with Crippen LogP contribution in [0.1, 0.15) is 19.3 Å². The van der Waals surface area contributed by atoms with Gasteiger partial charge in [0.15, 0.2) is 0 Å². The SMILES string of the molecule is O=C1N=CN=C2SC3=C(CCC3)C12. The Balaban J connectivity index is 2.06. The molecule has 1 unspecified atom stereocenters. The molecule has 1 amide bonds. The van der Waals surface area contributed by atoms with Crippen molar-refractivity contribution >= 4 is 29.1 Å². The fraction of sp³-hybridized carbons (Fsp3) is 0.444. The second kappa shape index (κ2) is 2.54. The zero-order valence-corrected chi connectivity index (χ0v) is 7.80. The first-order valence-corrected chi connectivity index (χ1v) is 5.22. The second-order valence-electron chi connectivity index (χ2n) is 3.39. The lowest BCUT2D eigenvalue weighted by Crippen LogP contribution is -2.22. The molecule has 2 heterocycles. The largest absolute Gasteiger partial charge is 0.271 e. The van der Waals surface area contributed by atoms with Gasteiger partial charge in [-0.05, 0) is 29.7 Å². The van der Waals surface area contributed by atoms with Crippen LogP contribution in [-0.4, -0.2) is 17.3 Å². The second-order valence-corrected chi connectivity index (χ2v) is 4.50. The number of carbonyl (C=O) groups is 1. The van der Waals surface area contributed by atoms with E-state index in [0.717, 1.165) is 17.9 Å². The number of hydrogen-bond donors (Lipinski definition) is 0. The highest BCUT2D eigenvalue weighted by atomic mass is 32.2. The molecular weight excluding hydrogens is 184 g/mol. The summed E-state index contributed by atoms with van der Waals surface area (Å²) in [4.78, 5) is 20.8. The third-order valence-electron chi connectivity index (χ3n) is 2.65. The normalized spacial score (nSPS) is 30.6. The van der Waals surface area contributed by atoms with Crippen molar-refractivity contribution in [3.8, 4) is 0 Å². The topological polar surface area (TPSA) is 41.8 Å². The van der Waals surface area contributed by atoms with Gasteiger partial charge in [0.25, 0.3) is 5.91 Å². The minimum atomic E-state index is -0.0903. The molecule has 0 spiro atoms. The number of aliphatic imine (C=N–C) groups is 2. The monoisotopic (exact) mass is 192 g/mol. The molecular formula is C9H8N2OS. The van der Waals surface area contributed by atoms with E-state index < -0.39 is 0 Å². The van der Waals surface area contributed by atoms with Gasteiger partial charge in [-0.15, -0.1) is 0 Å². The van der Waals surface area contributed by atoms with Crippen LogP contribution in [0, 0.1) is 5.92 Å². The maximum Gasteiger partial charge on any atom is 0.261 e. The van der Waals surface area contributed by atoms with Crippen LogP contribution in [0.4, 0.5) is 0 Å². The van der Waals surface area contributed by atoms with Crippen LogP contribution in [0.3, 0.4) is 0 Å². The maximum absolute atomic E-state index is 11.5. The summed E-state index contributed by atoms with van der Waals surface area (Å²) in [6, 6.07) is 0. The molecule has 0 bridgehead atoms. The van der Waals surface area contributed by atoms with Gasteiger partial charge in [-0.1, -0.05) is 11.8 Å². The van der Waals surface area contributed by atoms with E-state index in [9.17, 15) is 4.79 Å². The first-order valence-electron chi connectivity index (χ1n) is 4.40. The highest BCUT2D eigenvalue weighted by molar-refractivity contribution is 8.17. The molecule has 66 valence electrons. The number of hydrogen-bond acceptors (Lipinski definition) is 3. The van der Waals surface area contributed by atoms with Gasteiger partial charge in [0.2, 0.25) is 0 Å². The molecule has 3 aliphatic rings. The van der Waals surface area contributed by atoms with Crippen molar-refractivity contribution in [2.75, 3.05) is 0 Å². The molecule has 3 rings (SSSR count). The standard InChI is InChI=1S/C9H8N2OS/c12-8-7-5-2-1-3-6(5)13-9(7)11-4-10-8/h4,7H,1-3H2. The fourth-order valence-corrected chi connectivity index (χ4v) is 3.38. The third-order valence-corrected chi connectivity index (χ3v) is 3.91. The molecule has 0 N–H and O–H groups in total. The van der Waals surface area contributed by atoms with E-state index in [1.54, 1.807) is 11.8 Å². The van der Waals surface area contributed by atoms with Crippen molar-refractivity contribution < 1.29 is 4.79 Å². The van der Waals surface area contributed by atoms with Gasteiger partial charge in [-0.25, -0.2) is 9.98 Å². The van der Waals surface area contributed by atoms with Crippen molar-refractivity contribution in [2.24, 2.45) is 15.9 Å². The van der Waals surface area contributed by atoms with E-state index in [4.69, 9.17) is 0 Å². The third kappa shape index (κ3) is 0.950. The molecule has 1 aliphatic carbocycles. The van der Waals surface area contributed by atoms with E-state index in [2.05, 4.69) is 9.98 Å². The molecule has 0 aromatic heterocycles. The molecule has 13 heavy (non-hydrogen) atoms. The molecule has 0 saturated heterocycles. The van der Waals surface area contributed by atoms with Gasteiger partial charge >= 0.3 is 0 Å². The quantitative estimate of drug-likeness (QED) is 0.586. The predicted octanol–water partition coefficient (Wildman–Crippen LogP) is 1.75. The Labute approximate surface area is 80.0 Å². The van der Waals surface area contributed by atoms with Crippen molar-refractivity contribution in [1.29, 1.82) is 0 Å². The Morgan fingerprint density at radius 3 is 3.31 bits per heavy atom. The summed E-state index contributed by atoms with van der Waals surface area (Å²) in [6.07, 6.45) is 4.76. The molecule has 1 atom stereocenters. The minimum Gasteiger partial charge on any atom is -0.271 e. The van der Waals surface area contributed by atoms with Gasteiger partial charge in [-0.2, -0.15) is 0 Å².